The van der Waals surface area contributed by atoms with Crippen molar-refractivity contribution in [3.05, 3.63) is 23.5 Å². The van der Waals surface area contributed by atoms with Gasteiger partial charge in [-0.15, -0.1) is 0 Å². The molecule has 7 heteroatoms. The summed E-state index contributed by atoms with van der Waals surface area (Å²) in [5.41, 5.74) is 3.72. The number of carbonyl (C=O) groups excluding carboxylic acids is 1. The molecular formula is C10H9F3N2O2. The van der Waals surface area contributed by atoms with E-state index >= 15 is 0 Å². The van der Waals surface area contributed by atoms with E-state index in [1.165, 1.54) is 0 Å². The van der Waals surface area contributed by atoms with Crippen LogP contribution in [0.2, 0.25) is 0 Å². The zero-order chi connectivity index (χ0) is 12.6. The van der Waals surface area contributed by atoms with E-state index in [9.17, 15) is 18.0 Å². The summed E-state index contributed by atoms with van der Waals surface area (Å²) >= 11 is 0. The Kier molecular flexibility index (Phi) is 2.68. The van der Waals surface area contributed by atoms with E-state index in [-0.39, 0.29) is 17.5 Å². The van der Waals surface area contributed by atoms with E-state index in [4.69, 9.17) is 10.5 Å². The first-order valence-electron chi connectivity index (χ1n) is 4.91. The lowest BCUT2D eigenvalue weighted by Gasteiger charge is -2.13. The molecule has 92 valence electrons. The minimum absolute atomic E-state index is 0.209. The Labute approximate surface area is 94.6 Å². The molecule has 0 unspecified atom stereocenters. The fraction of sp³-hybridized carbons (Fsp3) is 0.400. The minimum Gasteiger partial charge on any atom is -0.490 e. The van der Waals surface area contributed by atoms with Crippen LogP contribution in [-0.4, -0.2) is 17.0 Å². The molecule has 0 aromatic carbocycles. The maximum Gasteiger partial charge on any atom is 0.421 e. The summed E-state index contributed by atoms with van der Waals surface area (Å²) in [4.78, 5) is 14.2. The molecule has 4 nitrogen and oxygen atoms in total. The standard InChI is InChI=1S/C10H9F3N2O2/c11-10(12,13)6-4-15-7(9(14)16)3-8(6)17-5-1-2-5/h3-5H,1-2H2,(H2,14,16). The van der Waals surface area contributed by atoms with Crippen molar-refractivity contribution in [3.8, 4) is 5.75 Å². The molecular weight excluding hydrogens is 237 g/mol. The number of amides is 1. The Morgan fingerprint density at radius 2 is 2.12 bits per heavy atom. The quantitative estimate of drug-likeness (QED) is 0.883. The summed E-state index contributed by atoms with van der Waals surface area (Å²) in [6, 6.07) is 0.934. The number of pyridine rings is 1. The summed E-state index contributed by atoms with van der Waals surface area (Å²) in [5.74, 6) is -1.27. The van der Waals surface area contributed by atoms with Gasteiger partial charge < -0.3 is 10.5 Å². The summed E-state index contributed by atoms with van der Waals surface area (Å²) in [6.07, 6.45) is -2.78. The molecule has 0 radical (unpaired) electrons. The molecule has 1 heterocycles. The van der Waals surface area contributed by atoms with Gasteiger partial charge in [0.25, 0.3) is 5.91 Å². The molecule has 17 heavy (non-hydrogen) atoms. The number of hydrogen-bond acceptors (Lipinski definition) is 3. The van der Waals surface area contributed by atoms with Gasteiger partial charge in [0.1, 0.15) is 17.0 Å². The Morgan fingerprint density at radius 3 is 2.59 bits per heavy atom. The molecule has 1 aromatic heterocycles. The van der Waals surface area contributed by atoms with Crippen molar-refractivity contribution < 1.29 is 22.7 Å². The van der Waals surface area contributed by atoms with Crippen LogP contribution in [0.15, 0.2) is 12.3 Å². The summed E-state index contributed by atoms with van der Waals surface area (Å²) < 4.78 is 43.0. The third-order valence-corrected chi connectivity index (χ3v) is 2.24. The third-order valence-electron chi connectivity index (χ3n) is 2.24. The Hall–Kier alpha value is -1.79. The molecule has 1 amide bonds. The van der Waals surface area contributed by atoms with Gasteiger partial charge in [-0.3, -0.25) is 9.78 Å². The van der Waals surface area contributed by atoms with E-state index in [2.05, 4.69) is 4.98 Å². The fourth-order valence-corrected chi connectivity index (χ4v) is 1.25. The molecule has 0 aliphatic heterocycles. The van der Waals surface area contributed by atoms with Crippen LogP contribution in [0.5, 0.6) is 5.75 Å². The fourth-order valence-electron chi connectivity index (χ4n) is 1.25. The molecule has 1 fully saturated rings. The molecule has 0 bridgehead atoms. The van der Waals surface area contributed by atoms with Crippen LogP contribution < -0.4 is 10.5 Å². The molecule has 1 aliphatic rings. The van der Waals surface area contributed by atoms with Crippen LogP contribution in [0.3, 0.4) is 0 Å². The van der Waals surface area contributed by atoms with E-state index in [0.29, 0.717) is 19.0 Å². The number of aromatic nitrogens is 1. The maximum absolute atomic E-state index is 12.6. The first-order chi connectivity index (χ1) is 7.88. The van der Waals surface area contributed by atoms with Crippen molar-refractivity contribution in [1.82, 2.24) is 4.98 Å². The molecule has 1 aliphatic carbocycles. The maximum atomic E-state index is 12.6. The van der Waals surface area contributed by atoms with Gasteiger partial charge in [0, 0.05) is 12.3 Å². The van der Waals surface area contributed by atoms with Gasteiger partial charge in [0.15, 0.2) is 0 Å². The number of nitrogens with zero attached hydrogens (tertiary/aromatic N) is 1. The summed E-state index contributed by atoms with van der Waals surface area (Å²) in [5, 5.41) is 0. The van der Waals surface area contributed by atoms with Crippen molar-refractivity contribution in [2.45, 2.75) is 25.1 Å². The van der Waals surface area contributed by atoms with Gasteiger partial charge in [-0.1, -0.05) is 0 Å². The molecule has 0 saturated heterocycles. The van der Waals surface area contributed by atoms with E-state index in [0.717, 1.165) is 6.07 Å². The second-order valence-electron chi connectivity index (χ2n) is 3.74. The number of hydrogen-bond donors (Lipinski definition) is 1. The van der Waals surface area contributed by atoms with E-state index in [1.807, 2.05) is 0 Å². The third kappa shape index (κ3) is 2.66. The predicted molar refractivity (Wildman–Crippen MR) is 51.4 cm³/mol. The second-order valence-corrected chi connectivity index (χ2v) is 3.74. The average molecular weight is 246 g/mol. The van der Waals surface area contributed by atoms with Crippen LogP contribution in [0.4, 0.5) is 13.2 Å². The molecule has 0 spiro atoms. The lowest BCUT2D eigenvalue weighted by atomic mass is 10.2. The van der Waals surface area contributed by atoms with Gasteiger partial charge in [-0.05, 0) is 12.8 Å². The van der Waals surface area contributed by atoms with Crippen LogP contribution >= 0.6 is 0 Å². The SMILES string of the molecule is NC(=O)c1cc(OC2CC2)c(C(F)(F)F)cn1. The van der Waals surface area contributed by atoms with Gasteiger partial charge in [-0.2, -0.15) is 13.2 Å². The van der Waals surface area contributed by atoms with E-state index in [1.54, 1.807) is 0 Å². The number of ether oxygens (including phenoxy) is 1. The van der Waals surface area contributed by atoms with Crippen molar-refractivity contribution >= 4 is 5.91 Å². The van der Waals surface area contributed by atoms with Crippen LogP contribution in [0, 0.1) is 0 Å². The van der Waals surface area contributed by atoms with Crippen LogP contribution in [-0.2, 0) is 6.18 Å². The first-order valence-corrected chi connectivity index (χ1v) is 4.91. The highest BCUT2D eigenvalue weighted by atomic mass is 19.4. The largest absolute Gasteiger partial charge is 0.490 e. The molecule has 2 N–H and O–H groups in total. The predicted octanol–water partition coefficient (Wildman–Crippen LogP) is 1.74. The highest BCUT2D eigenvalue weighted by molar-refractivity contribution is 5.91. The highest BCUT2D eigenvalue weighted by Gasteiger charge is 2.37. The van der Waals surface area contributed by atoms with Gasteiger partial charge in [-0.25, -0.2) is 0 Å². The minimum atomic E-state index is -4.56. The molecule has 1 aromatic rings. The second kappa shape index (κ2) is 3.90. The number of alkyl halides is 3. The Balaban J connectivity index is 2.39. The molecule has 2 rings (SSSR count). The molecule has 1 saturated carbocycles. The zero-order valence-corrected chi connectivity index (χ0v) is 8.62. The summed E-state index contributed by atoms with van der Waals surface area (Å²) in [7, 11) is 0. The Bertz CT molecular complexity index is 455. The van der Waals surface area contributed by atoms with Crippen molar-refractivity contribution in [1.29, 1.82) is 0 Å². The zero-order valence-electron chi connectivity index (χ0n) is 8.62. The first kappa shape index (κ1) is 11.7. The van der Waals surface area contributed by atoms with Gasteiger partial charge in [0.05, 0.1) is 6.10 Å². The smallest absolute Gasteiger partial charge is 0.421 e. The average Bonchev–Trinajstić information content (AvgIpc) is 2.99. The van der Waals surface area contributed by atoms with Crippen molar-refractivity contribution in [2.75, 3.05) is 0 Å². The number of carbonyl (C=O) groups is 1. The lowest BCUT2D eigenvalue weighted by molar-refractivity contribution is -0.139. The van der Waals surface area contributed by atoms with Gasteiger partial charge in [0.2, 0.25) is 0 Å². The number of rotatable bonds is 3. The normalized spacial score (nSPS) is 15.7. The lowest BCUT2D eigenvalue weighted by Crippen LogP contribution is -2.16. The van der Waals surface area contributed by atoms with Crippen molar-refractivity contribution in [2.24, 2.45) is 5.73 Å². The number of halogens is 3. The number of nitrogens with two attached hydrogens (primary N) is 1. The van der Waals surface area contributed by atoms with Crippen LogP contribution in [0.1, 0.15) is 28.9 Å². The molecule has 0 atom stereocenters. The number of primary amides is 1. The summed E-state index contributed by atoms with van der Waals surface area (Å²) in [6.45, 7) is 0. The highest BCUT2D eigenvalue weighted by Crippen LogP contribution is 2.38. The monoisotopic (exact) mass is 246 g/mol. The van der Waals surface area contributed by atoms with E-state index < -0.39 is 17.6 Å². The van der Waals surface area contributed by atoms with Crippen molar-refractivity contribution in [3.63, 3.8) is 0 Å². The Morgan fingerprint density at radius 1 is 1.47 bits per heavy atom. The topological polar surface area (TPSA) is 65.2 Å². The van der Waals surface area contributed by atoms with Gasteiger partial charge >= 0.3 is 6.18 Å². The van der Waals surface area contributed by atoms with Crippen LogP contribution in [0.25, 0.3) is 0 Å².